The summed E-state index contributed by atoms with van der Waals surface area (Å²) in [7, 11) is 0. The SMILES string of the molecule is C[C@]12CC[C@@H]3c4ccc(O)c(O)c4CC[C@H]3[C@@H]1CC(O)C2O. The Morgan fingerprint density at radius 2 is 1.91 bits per heavy atom. The molecule has 0 bridgehead atoms. The topological polar surface area (TPSA) is 80.9 Å². The molecular formula is C18H24O4. The minimum absolute atomic E-state index is 0.0374. The molecule has 2 fully saturated rings. The molecule has 120 valence electrons. The van der Waals surface area contributed by atoms with Crippen molar-refractivity contribution < 1.29 is 20.4 Å². The van der Waals surface area contributed by atoms with Gasteiger partial charge in [-0.25, -0.2) is 0 Å². The number of aliphatic hydroxyl groups is 2. The number of benzene rings is 1. The summed E-state index contributed by atoms with van der Waals surface area (Å²) in [6, 6.07) is 3.54. The van der Waals surface area contributed by atoms with Crippen LogP contribution in [0.15, 0.2) is 12.1 Å². The Morgan fingerprint density at radius 1 is 1.14 bits per heavy atom. The molecule has 0 saturated heterocycles. The van der Waals surface area contributed by atoms with Crippen LogP contribution in [0.4, 0.5) is 0 Å². The van der Waals surface area contributed by atoms with Crippen LogP contribution in [0.5, 0.6) is 11.5 Å². The van der Waals surface area contributed by atoms with Gasteiger partial charge in [-0.05, 0) is 66.9 Å². The maximum atomic E-state index is 10.4. The number of hydrogen-bond donors (Lipinski definition) is 4. The predicted molar refractivity (Wildman–Crippen MR) is 81.8 cm³/mol. The molecule has 4 N–H and O–H groups in total. The second-order valence-electron chi connectivity index (χ2n) is 7.71. The highest BCUT2D eigenvalue weighted by atomic mass is 16.3. The summed E-state index contributed by atoms with van der Waals surface area (Å²) >= 11 is 0. The Hall–Kier alpha value is -1.26. The van der Waals surface area contributed by atoms with Crippen molar-refractivity contribution in [1.82, 2.24) is 0 Å². The highest BCUT2D eigenvalue weighted by Crippen LogP contribution is 2.61. The van der Waals surface area contributed by atoms with E-state index in [1.807, 2.05) is 6.07 Å². The second kappa shape index (κ2) is 4.62. The number of hydrogen-bond acceptors (Lipinski definition) is 4. The van der Waals surface area contributed by atoms with Crippen LogP contribution in [0.1, 0.15) is 49.7 Å². The van der Waals surface area contributed by atoms with Crippen LogP contribution in [-0.4, -0.2) is 32.6 Å². The quantitative estimate of drug-likeness (QED) is 0.554. The number of aromatic hydroxyl groups is 2. The molecule has 0 aliphatic heterocycles. The van der Waals surface area contributed by atoms with Crippen molar-refractivity contribution in [2.45, 2.75) is 57.2 Å². The van der Waals surface area contributed by atoms with Crippen molar-refractivity contribution in [2.75, 3.05) is 0 Å². The minimum atomic E-state index is -0.618. The highest BCUT2D eigenvalue weighted by molar-refractivity contribution is 5.51. The van der Waals surface area contributed by atoms with Crippen LogP contribution >= 0.6 is 0 Å². The summed E-state index contributed by atoms with van der Waals surface area (Å²) in [5.74, 6) is 1.15. The molecule has 1 aromatic carbocycles. The Morgan fingerprint density at radius 3 is 2.68 bits per heavy atom. The third-order valence-corrected chi connectivity index (χ3v) is 6.84. The van der Waals surface area contributed by atoms with E-state index in [4.69, 9.17) is 0 Å². The molecule has 0 amide bonds. The van der Waals surface area contributed by atoms with Crippen LogP contribution in [0, 0.1) is 17.3 Å². The van der Waals surface area contributed by atoms with Crippen molar-refractivity contribution >= 4 is 0 Å². The number of phenolic OH excluding ortho intramolecular Hbond substituents is 2. The largest absolute Gasteiger partial charge is 0.504 e. The Labute approximate surface area is 130 Å². The summed E-state index contributed by atoms with van der Waals surface area (Å²) in [6.45, 7) is 2.12. The van der Waals surface area contributed by atoms with Crippen molar-refractivity contribution in [3.8, 4) is 11.5 Å². The van der Waals surface area contributed by atoms with Gasteiger partial charge in [0.15, 0.2) is 11.5 Å². The lowest BCUT2D eigenvalue weighted by Gasteiger charge is -2.49. The van der Waals surface area contributed by atoms with Crippen LogP contribution in [-0.2, 0) is 6.42 Å². The van der Waals surface area contributed by atoms with E-state index in [2.05, 4.69) is 6.92 Å². The molecule has 6 atom stereocenters. The van der Waals surface area contributed by atoms with Crippen molar-refractivity contribution in [3.63, 3.8) is 0 Å². The molecule has 0 radical (unpaired) electrons. The van der Waals surface area contributed by atoms with Gasteiger partial charge in [-0.2, -0.15) is 0 Å². The first-order valence-electron chi connectivity index (χ1n) is 8.33. The van der Waals surface area contributed by atoms with Gasteiger partial charge in [0.05, 0.1) is 12.2 Å². The Balaban J connectivity index is 1.73. The van der Waals surface area contributed by atoms with Gasteiger partial charge in [0.1, 0.15) is 0 Å². The highest BCUT2D eigenvalue weighted by Gasteiger charge is 2.57. The standard InChI is InChI=1S/C18H24O4/c1-18-7-6-10-9-4-5-14(19)16(21)12(9)3-2-11(10)13(18)8-15(20)17(18)22/h4-5,10-11,13,15,17,19-22H,2-3,6-8H2,1H3/t10-,11-,13+,15?,17?,18+/m1/s1. The van der Waals surface area contributed by atoms with E-state index in [1.165, 1.54) is 0 Å². The predicted octanol–water partition coefficient (Wildman–Crippen LogP) is 2.29. The van der Waals surface area contributed by atoms with E-state index in [0.29, 0.717) is 24.2 Å². The summed E-state index contributed by atoms with van der Waals surface area (Å²) < 4.78 is 0. The van der Waals surface area contributed by atoms with E-state index >= 15 is 0 Å². The zero-order valence-corrected chi connectivity index (χ0v) is 12.9. The Bertz CT molecular complexity index is 613. The fourth-order valence-electron chi connectivity index (χ4n) is 5.62. The monoisotopic (exact) mass is 304 g/mol. The van der Waals surface area contributed by atoms with E-state index < -0.39 is 12.2 Å². The van der Waals surface area contributed by atoms with Gasteiger partial charge in [0, 0.05) is 5.56 Å². The molecule has 22 heavy (non-hydrogen) atoms. The summed E-state index contributed by atoms with van der Waals surface area (Å²) in [5, 5.41) is 40.4. The molecule has 2 unspecified atom stereocenters. The van der Waals surface area contributed by atoms with Gasteiger partial charge in [0.25, 0.3) is 0 Å². The molecule has 0 heterocycles. The molecule has 2 saturated carbocycles. The van der Waals surface area contributed by atoms with Crippen molar-refractivity contribution in [3.05, 3.63) is 23.3 Å². The van der Waals surface area contributed by atoms with E-state index in [9.17, 15) is 20.4 Å². The van der Waals surface area contributed by atoms with Gasteiger partial charge in [-0.15, -0.1) is 0 Å². The van der Waals surface area contributed by atoms with E-state index in [1.54, 1.807) is 6.07 Å². The van der Waals surface area contributed by atoms with Crippen molar-refractivity contribution in [2.24, 2.45) is 17.3 Å². The maximum absolute atomic E-state index is 10.4. The lowest BCUT2D eigenvalue weighted by molar-refractivity contribution is -0.0506. The molecule has 0 aromatic heterocycles. The zero-order valence-electron chi connectivity index (χ0n) is 12.9. The van der Waals surface area contributed by atoms with Crippen LogP contribution in [0.25, 0.3) is 0 Å². The molecule has 3 aliphatic rings. The third-order valence-electron chi connectivity index (χ3n) is 6.84. The Kier molecular flexibility index (Phi) is 3.01. The zero-order chi connectivity index (χ0) is 15.6. The second-order valence-corrected chi connectivity index (χ2v) is 7.71. The fourth-order valence-corrected chi connectivity index (χ4v) is 5.62. The molecule has 4 rings (SSSR count). The number of phenols is 2. The third kappa shape index (κ3) is 1.71. The summed E-state index contributed by atoms with van der Waals surface area (Å²) in [5.41, 5.74) is 1.87. The average molecular weight is 304 g/mol. The van der Waals surface area contributed by atoms with Gasteiger partial charge in [0.2, 0.25) is 0 Å². The first-order chi connectivity index (χ1) is 10.4. The minimum Gasteiger partial charge on any atom is -0.504 e. The lowest BCUT2D eigenvalue weighted by atomic mass is 9.55. The average Bonchev–Trinajstić information content (AvgIpc) is 2.74. The maximum Gasteiger partial charge on any atom is 0.160 e. The van der Waals surface area contributed by atoms with Gasteiger partial charge in [-0.3, -0.25) is 0 Å². The lowest BCUT2D eigenvalue weighted by Crippen LogP contribution is -2.44. The molecular weight excluding hydrogens is 280 g/mol. The molecule has 4 heteroatoms. The molecule has 4 nitrogen and oxygen atoms in total. The number of aliphatic hydroxyl groups excluding tert-OH is 2. The fraction of sp³-hybridized carbons (Fsp3) is 0.667. The first-order valence-corrected chi connectivity index (χ1v) is 8.33. The van der Waals surface area contributed by atoms with Gasteiger partial charge >= 0.3 is 0 Å². The normalized spacial score (nSPS) is 43.3. The van der Waals surface area contributed by atoms with Gasteiger partial charge in [-0.1, -0.05) is 13.0 Å². The van der Waals surface area contributed by atoms with Crippen LogP contribution < -0.4 is 0 Å². The van der Waals surface area contributed by atoms with Gasteiger partial charge < -0.3 is 20.4 Å². The molecule has 3 aliphatic carbocycles. The molecule has 1 aromatic rings. The van der Waals surface area contributed by atoms with Crippen LogP contribution in [0.2, 0.25) is 0 Å². The summed E-state index contributed by atoms with van der Waals surface area (Å²) in [6.07, 6.45) is 3.04. The van der Waals surface area contributed by atoms with E-state index in [0.717, 1.165) is 36.8 Å². The summed E-state index contributed by atoms with van der Waals surface area (Å²) in [4.78, 5) is 0. The molecule has 0 spiro atoms. The van der Waals surface area contributed by atoms with Crippen molar-refractivity contribution in [1.29, 1.82) is 0 Å². The first kappa shape index (κ1) is 14.3. The van der Waals surface area contributed by atoms with Crippen LogP contribution in [0.3, 0.4) is 0 Å². The van der Waals surface area contributed by atoms with E-state index in [-0.39, 0.29) is 16.9 Å². The smallest absolute Gasteiger partial charge is 0.160 e. The number of fused-ring (bicyclic) bond motifs is 5. The number of rotatable bonds is 0.